The Morgan fingerprint density at radius 1 is 1.37 bits per heavy atom. The van der Waals surface area contributed by atoms with Crippen molar-refractivity contribution < 1.29 is 9.90 Å². The molecule has 0 aromatic rings. The molecule has 0 spiro atoms. The maximum atomic E-state index is 12.6. The number of nitrogens with one attached hydrogen (secondary N) is 1. The summed E-state index contributed by atoms with van der Waals surface area (Å²) in [6, 6.07) is 0.611. The Labute approximate surface area is 115 Å². The second kappa shape index (κ2) is 7.22. The number of likely N-dealkylation sites (tertiary alicyclic amines) is 1. The topological polar surface area (TPSA) is 55.8 Å². The summed E-state index contributed by atoms with van der Waals surface area (Å²) in [5, 5.41) is 12.4. The first-order valence-electron chi connectivity index (χ1n) is 7.64. The van der Waals surface area contributed by atoms with Crippen molar-refractivity contribution >= 4 is 5.91 Å². The van der Waals surface area contributed by atoms with E-state index in [0.29, 0.717) is 19.1 Å². The number of carbonyl (C=O) groups is 1. The second-order valence-corrected chi connectivity index (χ2v) is 5.52. The highest BCUT2D eigenvalue weighted by Crippen LogP contribution is 2.25. The van der Waals surface area contributed by atoms with E-state index in [9.17, 15) is 4.79 Å². The van der Waals surface area contributed by atoms with E-state index >= 15 is 0 Å². The molecule has 0 radical (unpaired) electrons. The van der Waals surface area contributed by atoms with Crippen LogP contribution in [-0.2, 0) is 4.79 Å². The van der Waals surface area contributed by atoms with Gasteiger partial charge in [-0.3, -0.25) is 9.69 Å². The van der Waals surface area contributed by atoms with Crippen molar-refractivity contribution in [3.05, 3.63) is 0 Å². The van der Waals surface area contributed by atoms with Crippen LogP contribution in [0.15, 0.2) is 0 Å². The van der Waals surface area contributed by atoms with Crippen molar-refractivity contribution in [3.8, 4) is 0 Å². The molecule has 2 heterocycles. The van der Waals surface area contributed by atoms with Gasteiger partial charge >= 0.3 is 0 Å². The van der Waals surface area contributed by atoms with Crippen molar-refractivity contribution in [1.29, 1.82) is 0 Å². The summed E-state index contributed by atoms with van der Waals surface area (Å²) in [5.74, 6) is 0.215. The van der Waals surface area contributed by atoms with Gasteiger partial charge < -0.3 is 15.3 Å². The van der Waals surface area contributed by atoms with Gasteiger partial charge in [0.2, 0.25) is 5.91 Å². The summed E-state index contributed by atoms with van der Waals surface area (Å²) in [4.78, 5) is 16.8. The van der Waals surface area contributed by atoms with E-state index in [4.69, 9.17) is 5.11 Å². The molecule has 2 saturated heterocycles. The number of hydrogen-bond acceptors (Lipinski definition) is 4. The molecule has 0 bridgehead atoms. The predicted octanol–water partition coefficient (Wildman–Crippen LogP) is 0.0436. The summed E-state index contributed by atoms with van der Waals surface area (Å²) < 4.78 is 0. The molecule has 1 atom stereocenters. The SMILES string of the molecule is CCN(CCO)C(=O)C1CCCN1C1CCNCC1. The molecule has 2 rings (SSSR count). The van der Waals surface area contributed by atoms with Gasteiger partial charge in [0.15, 0.2) is 0 Å². The first kappa shape index (κ1) is 14.8. The molecule has 0 aliphatic carbocycles. The van der Waals surface area contributed by atoms with Crippen LogP contribution in [-0.4, -0.2) is 72.2 Å². The van der Waals surface area contributed by atoms with Gasteiger partial charge in [0, 0.05) is 19.1 Å². The minimum atomic E-state index is 0.0506. The zero-order chi connectivity index (χ0) is 13.7. The van der Waals surface area contributed by atoms with Gasteiger partial charge in [0.05, 0.1) is 12.6 Å². The third-order valence-corrected chi connectivity index (χ3v) is 4.42. The number of nitrogens with zero attached hydrogens (tertiary/aromatic N) is 2. The molecule has 19 heavy (non-hydrogen) atoms. The molecular formula is C14H27N3O2. The number of carbonyl (C=O) groups excluding carboxylic acids is 1. The van der Waals surface area contributed by atoms with Crippen LogP contribution in [0.3, 0.4) is 0 Å². The van der Waals surface area contributed by atoms with E-state index in [2.05, 4.69) is 10.2 Å². The number of amides is 1. The zero-order valence-electron chi connectivity index (χ0n) is 12.0. The second-order valence-electron chi connectivity index (χ2n) is 5.52. The fourth-order valence-electron chi connectivity index (χ4n) is 3.39. The molecule has 5 heteroatoms. The van der Waals surface area contributed by atoms with Crippen molar-refractivity contribution in [2.24, 2.45) is 0 Å². The van der Waals surface area contributed by atoms with E-state index in [0.717, 1.165) is 45.3 Å². The first-order chi connectivity index (χ1) is 9.27. The summed E-state index contributed by atoms with van der Waals surface area (Å²) in [5.41, 5.74) is 0. The van der Waals surface area contributed by atoms with Gasteiger partial charge in [-0.15, -0.1) is 0 Å². The number of piperidine rings is 1. The Kier molecular flexibility index (Phi) is 5.60. The Hall–Kier alpha value is -0.650. The lowest BCUT2D eigenvalue weighted by Gasteiger charge is -2.37. The Bertz CT molecular complexity index is 292. The lowest BCUT2D eigenvalue weighted by atomic mass is 10.0. The Balaban J connectivity index is 1.98. The third-order valence-electron chi connectivity index (χ3n) is 4.42. The highest BCUT2D eigenvalue weighted by molar-refractivity contribution is 5.82. The average molecular weight is 269 g/mol. The quantitative estimate of drug-likeness (QED) is 0.740. The van der Waals surface area contributed by atoms with Gasteiger partial charge in [-0.05, 0) is 52.2 Å². The molecule has 1 amide bonds. The molecule has 2 fully saturated rings. The molecular weight excluding hydrogens is 242 g/mol. The van der Waals surface area contributed by atoms with Gasteiger partial charge in [-0.2, -0.15) is 0 Å². The molecule has 2 N–H and O–H groups in total. The van der Waals surface area contributed by atoms with E-state index < -0.39 is 0 Å². The molecule has 0 aromatic carbocycles. The minimum absolute atomic E-state index is 0.0506. The lowest BCUT2D eigenvalue weighted by Crippen LogP contribution is -2.52. The molecule has 1 unspecified atom stereocenters. The highest BCUT2D eigenvalue weighted by atomic mass is 16.3. The van der Waals surface area contributed by atoms with Crippen LogP contribution in [0, 0.1) is 0 Å². The molecule has 0 aromatic heterocycles. The molecule has 2 aliphatic rings. The predicted molar refractivity (Wildman–Crippen MR) is 75.0 cm³/mol. The van der Waals surface area contributed by atoms with Crippen LogP contribution >= 0.6 is 0 Å². The third kappa shape index (κ3) is 3.46. The van der Waals surface area contributed by atoms with Crippen LogP contribution in [0.1, 0.15) is 32.6 Å². The zero-order valence-corrected chi connectivity index (χ0v) is 12.0. The number of aliphatic hydroxyl groups is 1. The number of aliphatic hydroxyl groups excluding tert-OH is 1. The summed E-state index contributed by atoms with van der Waals surface area (Å²) in [6.45, 7) is 6.38. The van der Waals surface area contributed by atoms with Gasteiger partial charge in [0.1, 0.15) is 0 Å². The van der Waals surface area contributed by atoms with E-state index in [1.165, 1.54) is 0 Å². The molecule has 110 valence electrons. The molecule has 5 nitrogen and oxygen atoms in total. The fraction of sp³-hybridized carbons (Fsp3) is 0.929. The number of likely N-dealkylation sites (N-methyl/N-ethyl adjacent to an activating group) is 1. The van der Waals surface area contributed by atoms with Crippen molar-refractivity contribution in [3.63, 3.8) is 0 Å². The number of rotatable bonds is 5. The smallest absolute Gasteiger partial charge is 0.240 e. The standard InChI is InChI=1S/C14H27N3O2/c1-2-16(10-11-18)14(19)13-4-3-9-17(13)12-5-7-15-8-6-12/h12-13,15,18H,2-11H2,1H3. The Morgan fingerprint density at radius 2 is 2.11 bits per heavy atom. The highest BCUT2D eigenvalue weighted by Gasteiger charge is 2.37. The van der Waals surface area contributed by atoms with Crippen LogP contribution in [0.25, 0.3) is 0 Å². The van der Waals surface area contributed by atoms with Crippen LogP contribution < -0.4 is 5.32 Å². The maximum absolute atomic E-state index is 12.6. The van der Waals surface area contributed by atoms with E-state index in [1.807, 2.05) is 6.92 Å². The van der Waals surface area contributed by atoms with Gasteiger partial charge in [-0.1, -0.05) is 0 Å². The first-order valence-corrected chi connectivity index (χ1v) is 7.64. The van der Waals surface area contributed by atoms with Crippen LogP contribution in [0.4, 0.5) is 0 Å². The maximum Gasteiger partial charge on any atom is 0.240 e. The number of hydrogen-bond donors (Lipinski definition) is 2. The fourth-order valence-corrected chi connectivity index (χ4v) is 3.39. The monoisotopic (exact) mass is 269 g/mol. The van der Waals surface area contributed by atoms with Gasteiger partial charge in [0.25, 0.3) is 0 Å². The van der Waals surface area contributed by atoms with Crippen molar-refractivity contribution in [2.45, 2.75) is 44.7 Å². The summed E-state index contributed by atoms with van der Waals surface area (Å²) >= 11 is 0. The molecule has 2 aliphatic heterocycles. The molecule has 0 saturated carbocycles. The average Bonchev–Trinajstić information content (AvgIpc) is 2.94. The van der Waals surface area contributed by atoms with Crippen LogP contribution in [0.2, 0.25) is 0 Å². The van der Waals surface area contributed by atoms with E-state index in [-0.39, 0.29) is 18.6 Å². The van der Waals surface area contributed by atoms with Gasteiger partial charge in [-0.25, -0.2) is 0 Å². The Morgan fingerprint density at radius 3 is 2.74 bits per heavy atom. The lowest BCUT2D eigenvalue weighted by molar-refractivity contribution is -0.137. The largest absolute Gasteiger partial charge is 0.395 e. The van der Waals surface area contributed by atoms with E-state index in [1.54, 1.807) is 4.90 Å². The van der Waals surface area contributed by atoms with Crippen LogP contribution in [0.5, 0.6) is 0 Å². The normalized spacial score (nSPS) is 25.7. The summed E-state index contributed by atoms with van der Waals surface area (Å²) in [6.07, 6.45) is 4.40. The minimum Gasteiger partial charge on any atom is -0.395 e. The van der Waals surface area contributed by atoms with Crippen molar-refractivity contribution in [2.75, 3.05) is 39.3 Å². The van der Waals surface area contributed by atoms with Crippen molar-refractivity contribution in [1.82, 2.24) is 15.1 Å². The summed E-state index contributed by atoms with van der Waals surface area (Å²) in [7, 11) is 0.